The zero-order valence-corrected chi connectivity index (χ0v) is 40.3. The lowest BCUT2D eigenvalue weighted by Crippen LogP contribution is -2.64. The van der Waals surface area contributed by atoms with E-state index in [1.807, 2.05) is 74.5 Å². The molecule has 2 fully saturated rings. The highest BCUT2D eigenvalue weighted by Crippen LogP contribution is 2.48. The van der Waals surface area contributed by atoms with Crippen molar-refractivity contribution in [3.8, 4) is 23.0 Å². The van der Waals surface area contributed by atoms with Gasteiger partial charge in [-0.25, -0.2) is 8.78 Å². The van der Waals surface area contributed by atoms with Crippen LogP contribution in [0.5, 0.6) is 23.0 Å². The predicted octanol–water partition coefficient (Wildman–Crippen LogP) is 8.31. The number of carbonyl (C=O) groups excluding carboxylic acids is 2. The molecule has 4 aromatic carbocycles. The van der Waals surface area contributed by atoms with Crippen LogP contribution in [0.15, 0.2) is 131 Å². The van der Waals surface area contributed by atoms with Crippen molar-refractivity contribution in [1.82, 2.24) is 19.2 Å². The van der Waals surface area contributed by atoms with E-state index >= 15 is 8.78 Å². The molecule has 380 valence electrons. The summed E-state index contributed by atoms with van der Waals surface area (Å²) in [6.45, 7) is 3.94. The maximum absolute atomic E-state index is 15.3. The number of fused-ring (bicyclic) bond motifs is 12. The number of pyridine rings is 2. The molecule has 6 aliphatic rings. The number of halogens is 4. The molecule has 12 rings (SSSR count). The van der Waals surface area contributed by atoms with Crippen LogP contribution in [0.2, 0.25) is 0 Å². The molecular formula is C56H50F4N6O8. The van der Waals surface area contributed by atoms with E-state index in [1.54, 1.807) is 32.0 Å². The number of hydrogen-bond donors (Lipinski definition) is 2. The van der Waals surface area contributed by atoms with Crippen LogP contribution in [0.4, 0.5) is 17.6 Å². The van der Waals surface area contributed by atoms with E-state index in [0.29, 0.717) is 36.8 Å². The summed E-state index contributed by atoms with van der Waals surface area (Å²) in [5, 5.41) is 25.2. The van der Waals surface area contributed by atoms with Crippen LogP contribution in [0, 0.1) is 37.1 Å². The normalized spacial score (nSPS) is 20.8. The molecule has 2 spiro atoms. The summed E-state index contributed by atoms with van der Waals surface area (Å²) in [5.74, 6) is -6.96. The monoisotopic (exact) mass is 1010 g/mol. The minimum absolute atomic E-state index is 0.0201. The second-order valence-electron chi connectivity index (χ2n) is 19.5. The number of hydrogen-bond acceptors (Lipinski definition) is 10. The Labute approximate surface area is 421 Å². The van der Waals surface area contributed by atoms with E-state index < -0.39 is 80.6 Å². The number of carbonyl (C=O) groups is 2. The maximum atomic E-state index is 15.3. The third-order valence-corrected chi connectivity index (χ3v) is 15.5. The smallest absolute Gasteiger partial charge is 0.278 e. The Morgan fingerprint density at radius 3 is 1.28 bits per heavy atom. The molecule has 0 saturated heterocycles. The summed E-state index contributed by atoms with van der Waals surface area (Å²) >= 11 is 0. The standard InChI is InChI=1S/2C28H25F2N3O4/c2*1-17-6-2-3-7-18(17)23-19-8-9-20(29)22(30)26(19)37-15-5-13-28(11-4-12-28)31-16-33(23)32-14-10-21(34)25(35)24(32)27(31)36/h2*2-3,5-10,13-14,23,35H,4,11-12,15-16H2,1H3/b2*13-5-. The first-order chi connectivity index (χ1) is 35.6. The van der Waals surface area contributed by atoms with Gasteiger partial charge in [0.1, 0.15) is 38.6 Å². The fraction of sp³-hybridized carbons (Fsp3) is 0.286. The number of aromatic hydroxyl groups is 2. The van der Waals surface area contributed by atoms with Crippen LogP contribution >= 0.6 is 0 Å². The van der Waals surface area contributed by atoms with Gasteiger partial charge in [0.25, 0.3) is 11.8 Å². The Morgan fingerprint density at radius 2 is 0.919 bits per heavy atom. The van der Waals surface area contributed by atoms with Gasteiger partial charge in [-0.2, -0.15) is 8.78 Å². The molecule has 2 amide bonds. The zero-order chi connectivity index (χ0) is 51.8. The van der Waals surface area contributed by atoms with Gasteiger partial charge in [-0.15, -0.1) is 0 Å². The molecule has 4 aliphatic heterocycles. The molecule has 6 aromatic rings. The Hall–Kier alpha value is -8.28. The molecule has 2 N–H and O–H groups in total. The first-order valence-corrected chi connectivity index (χ1v) is 24.4. The van der Waals surface area contributed by atoms with Crippen molar-refractivity contribution in [3.05, 3.63) is 210 Å². The van der Waals surface area contributed by atoms with Gasteiger partial charge >= 0.3 is 0 Å². The number of benzene rings is 4. The summed E-state index contributed by atoms with van der Waals surface area (Å²) in [6, 6.07) is 21.0. The topological polar surface area (TPSA) is 150 Å². The number of amides is 2. The van der Waals surface area contributed by atoms with E-state index in [-0.39, 0.29) is 49.4 Å². The van der Waals surface area contributed by atoms with E-state index in [9.17, 15) is 38.2 Å². The number of rotatable bonds is 2. The van der Waals surface area contributed by atoms with Gasteiger partial charge in [-0.05, 0) is 111 Å². The van der Waals surface area contributed by atoms with E-state index in [0.717, 1.165) is 47.2 Å². The Bertz CT molecular complexity index is 3250. The molecule has 2 saturated carbocycles. The molecule has 74 heavy (non-hydrogen) atoms. The lowest BCUT2D eigenvalue weighted by Gasteiger charge is -2.54. The van der Waals surface area contributed by atoms with E-state index in [2.05, 4.69) is 0 Å². The fourth-order valence-electron chi connectivity index (χ4n) is 11.3. The molecule has 6 heterocycles. The average molecular weight is 1010 g/mol. The second kappa shape index (κ2) is 18.3. The van der Waals surface area contributed by atoms with E-state index in [4.69, 9.17) is 9.47 Å². The minimum atomic E-state index is -1.10. The largest absolute Gasteiger partial charge is 0.502 e. The van der Waals surface area contributed by atoms with Crippen LogP contribution in [-0.4, -0.2) is 78.8 Å². The Kier molecular flexibility index (Phi) is 11.9. The fourth-order valence-corrected chi connectivity index (χ4v) is 11.3. The SMILES string of the molecule is Cc1ccccc1C1c2ccc(F)c(F)c2OC/C=C\C2(CCC2)N2CN1n1ccc(=O)c(O)c1C2=O.Cc1ccccc1C1c2ccc(F)c(F)c2OC/C=C\C2(CCC2)N2CN1n1ccc(=O)c(O)c1C2=O. The molecule has 2 unspecified atom stereocenters. The molecule has 2 aliphatic carbocycles. The van der Waals surface area contributed by atoms with Crippen molar-refractivity contribution in [2.24, 2.45) is 0 Å². The first kappa shape index (κ1) is 48.0. The van der Waals surface area contributed by atoms with Gasteiger partial charge in [0.15, 0.2) is 46.0 Å². The van der Waals surface area contributed by atoms with Crippen LogP contribution < -0.4 is 30.3 Å². The highest BCUT2D eigenvalue weighted by atomic mass is 19.2. The highest BCUT2D eigenvalue weighted by Gasteiger charge is 2.51. The lowest BCUT2D eigenvalue weighted by molar-refractivity contribution is 0.0249. The summed E-state index contributed by atoms with van der Waals surface area (Å²) in [7, 11) is 0. The molecule has 0 radical (unpaired) electrons. The summed E-state index contributed by atoms with van der Waals surface area (Å²) in [5.41, 5.74) is 1.02. The summed E-state index contributed by atoms with van der Waals surface area (Å²) in [4.78, 5) is 55.8. The number of ether oxygens (including phenoxy) is 2. The number of aromatic nitrogens is 2. The highest BCUT2D eigenvalue weighted by molar-refractivity contribution is 5.98. The quantitative estimate of drug-likeness (QED) is 0.128. The van der Waals surface area contributed by atoms with E-state index in [1.165, 1.54) is 46.0 Å². The van der Waals surface area contributed by atoms with Crippen molar-refractivity contribution >= 4 is 11.8 Å². The van der Waals surface area contributed by atoms with Crippen LogP contribution in [0.25, 0.3) is 0 Å². The molecule has 2 aromatic heterocycles. The molecular weight excluding hydrogens is 961 g/mol. The number of aryl methyl sites for hydroxylation is 2. The Balaban J connectivity index is 0.000000159. The van der Waals surface area contributed by atoms with Crippen LogP contribution in [-0.2, 0) is 0 Å². The lowest BCUT2D eigenvalue weighted by atomic mass is 9.74. The third-order valence-electron chi connectivity index (χ3n) is 15.5. The van der Waals surface area contributed by atoms with Crippen molar-refractivity contribution in [3.63, 3.8) is 0 Å². The van der Waals surface area contributed by atoms with Gasteiger partial charge in [0.05, 0.1) is 11.1 Å². The zero-order valence-electron chi connectivity index (χ0n) is 40.3. The summed E-state index contributed by atoms with van der Waals surface area (Å²) < 4.78 is 74.0. The molecule has 4 bridgehead atoms. The van der Waals surface area contributed by atoms with Crippen LogP contribution in [0.3, 0.4) is 0 Å². The van der Waals surface area contributed by atoms with Gasteiger partial charge in [0.2, 0.25) is 22.5 Å². The Morgan fingerprint density at radius 1 is 0.527 bits per heavy atom. The molecule has 14 nitrogen and oxygen atoms in total. The average Bonchev–Trinajstić information content (AvgIpc) is 3.42. The number of nitrogens with zero attached hydrogens (tertiary/aromatic N) is 6. The van der Waals surface area contributed by atoms with Gasteiger partial charge < -0.3 is 29.5 Å². The predicted molar refractivity (Wildman–Crippen MR) is 264 cm³/mol. The van der Waals surface area contributed by atoms with Crippen molar-refractivity contribution in [2.75, 3.05) is 36.6 Å². The van der Waals surface area contributed by atoms with Crippen molar-refractivity contribution in [2.45, 2.75) is 75.5 Å². The first-order valence-electron chi connectivity index (χ1n) is 24.4. The van der Waals surface area contributed by atoms with Crippen LogP contribution in [0.1, 0.15) is 105 Å². The second-order valence-corrected chi connectivity index (χ2v) is 19.5. The van der Waals surface area contributed by atoms with Gasteiger partial charge in [-0.1, -0.05) is 60.7 Å². The molecule has 2 atom stereocenters. The van der Waals surface area contributed by atoms with Gasteiger partial charge in [0, 0.05) is 35.7 Å². The third kappa shape index (κ3) is 7.59. The van der Waals surface area contributed by atoms with Crippen molar-refractivity contribution < 1.29 is 46.8 Å². The van der Waals surface area contributed by atoms with Gasteiger partial charge in [-0.3, -0.25) is 38.5 Å². The minimum Gasteiger partial charge on any atom is -0.502 e. The maximum Gasteiger partial charge on any atom is 0.278 e. The molecule has 18 heteroatoms. The van der Waals surface area contributed by atoms with Crippen molar-refractivity contribution in [1.29, 1.82) is 0 Å². The summed E-state index contributed by atoms with van der Waals surface area (Å²) in [6.07, 6.45) is 14.6.